The fourth-order valence-electron chi connectivity index (χ4n) is 2.63. The van der Waals surface area contributed by atoms with Gasteiger partial charge in [-0.3, -0.25) is 4.79 Å². The summed E-state index contributed by atoms with van der Waals surface area (Å²) in [5.41, 5.74) is 1.24. The number of anilines is 2. The van der Waals surface area contributed by atoms with Crippen LogP contribution in [0.1, 0.15) is 23.8 Å². The zero-order valence-electron chi connectivity index (χ0n) is 14.6. The molecular weight excluding hydrogens is 401 g/mol. The number of ketones is 1. The van der Waals surface area contributed by atoms with Crippen LogP contribution in [0.3, 0.4) is 0 Å². The largest absolute Gasteiger partial charge is 0.324 e. The molecule has 0 aliphatic heterocycles. The van der Waals surface area contributed by atoms with Gasteiger partial charge in [0.05, 0.1) is 20.8 Å². The van der Waals surface area contributed by atoms with Crippen molar-refractivity contribution in [2.45, 2.75) is 13.3 Å². The number of carbonyl (C=O) groups excluding carboxylic acids is 1. The van der Waals surface area contributed by atoms with E-state index in [1.165, 1.54) is 23.7 Å². The maximum absolute atomic E-state index is 14.3. The Hall–Kier alpha value is -2.97. The Morgan fingerprint density at radius 3 is 2.89 bits per heavy atom. The van der Waals surface area contributed by atoms with E-state index in [9.17, 15) is 9.18 Å². The minimum absolute atomic E-state index is 0.0779. The van der Waals surface area contributed by atoms with Gasteiger partial charge < -0.3 is 5.32 Å². The summed E-state index contributed by atoms with van der Waals surface area (Å²) in [6.45, 7) is 1.77. The number of fused-ring (bicyclic) bond motifs is 1. The summed E-state index contributed by atoms with van der Waals surface area (Å²) in [6, 6.07) is 7.82. The summed E-state index contributed by atoms with van der Waals surface area (Å²) in [6.07, 6.45) is 3.27. The van der Waals surface area contributed by atoms with Gasteiger partial charge in [0.2, 0.25) is 0 Å². The second-order valence-electron chi connectivity index (χ2n) is 5.81. The molecule has 0 atom stereocenters. The smallest absolute Gasteiger partial charge is 0.181 e. The summed E-state index contributed by atoms with van der Waals surface area (Å²) >= 11 is 7.44. The lowest BCUT2D eigenvalue weighted by atomic mass is 10.2. The van der Waals surface area contributed by atoms with Gasteiger partial charge in [0.1, 0.15) is 28.7 Å². The van der Waals surface area contributed by atoms with E-state index in [2.05, 4.69) is 25.3 Å². The number of rotatable bonds is 5. The molecule has 1 aromatic carbocycles. The molecule has 0 spiro atoms. The van der Waals surface area contributed by atoms with E-state index in [1.807, 2.05) is 0 Å². The first-order chi connectivity index (χ1) is 13.6. The molecule has 28 heavy (non-hydrogen) atoms. The van der Waals surface area contributed by atoms with E-state index in [-0.39, 0.29) is 11.3 Å². The molecule has 0 unspecified atom stereocenters. The van der Waals surface area contributed by atoms with Crippen LogP contribution in [0.25, 0.3) is 20.8 Å². The quantitative estimate of drug-likeness (QED) is 0.448. The van der Waals surface area contributed by atoms with Crippen molar-refractivity contribution in [3.05, 3.63) is 59.4 Å². The number of carbonyl (C=O) groups is 1. The lowest BCUT2D eigenvalue weighted by Crippen LogP contribution is -2.03. The third-order valence-electron chi connectivity index (χ3n) is 4.00. The molecule has 6 nitrogen and oxygen atoms in total. The highest BCUT2D eigenvalue weighted by Gasteiger charge is 2.17. The number of nitrogens with zero attached hydrogens (tertiary/aromatic N) is 4. The number of hydrogen-bond acceptors (Lipinski definition) is 7. The summed E-state index contributed by atoms with van der Waals surface area (Å²) < 4.78 is 15.0. The van der Waals surface area contributed by atoms with Crippen molar-refractivity contribution in [1.29, 1.82) is 0 Å². The molecule has 4 aromatic rings. The van der Waals surface area contributed by atoms with Crippen molar-refractivity contribution in [3.63, 3.8) is 0 Å². The Morgan fingerprint density at radius 1 is 1.25 bits per heavy atom. The van der Waals surface area contributed by atoms with Crippen LogP contribution < -0.4 is 5.32 Å². The number of nitrogens with one attached hydrogen (secondary N) is 1. The molecule has 0 saturated carbocycles. The van der Waals surface area contributed by atoms with E-state index < -0.39 is 5.82 Å². The zero-order valence-corrected chi connectivity index (χ0v) is 16.2. The molecule has 3 aromatic heterocycles. The molecule has 9 heteroatoms. The molecule has 0 amide bonds. The monoisotopic (exact) mass is 413 g/mol. The van der Waals surface area contributed by atoms with Crippen LogP contribution in [0.15, 0.2) is 42.9 Å². The van der Waals surface area contributed by atoms with E-state index >= 15 is 0 Å². The SMILES string of the molecule is CCC(=O)c1cc(Nc2nccc3nc(-c4c(F)cccc4Cl)sc23)ncn1. The van der Waals surface area contributed by atoms with Crippen LogP contribution in [0, 0.1) is 5.82 Å². The fraction of sp³-hybridized carbons (Fsp3) is 0.105. The number of Topliss-reactive ketones (excluding diaryl/α,β-unsaturated/α-hetero) is 1. The predicted molar refractivity (Wildman–Crippen MR) is 108 cm³/mol. The van der Waals surface area contributed by atoms with Crippen molar-refractivity contribution in [3.8, 4) is 10.6 Å². The highest BCUT2D eigenvalue weighted by molar-refractivity contribution is 7.22. The van der Waals surface area contributed by atoms with Crippen molar-refractivity contribution < 1.29 is 9.18 Å². The van der Waals surface area contributed by atoms with Crippen LogP contribution >= 0.6 is 22.9 Å². The Morgan fingerprint density at radius 2 is 2.11 bits per heavy atom. The lowest BCUT2D eigenvalue weighted by Gasteiger charge is -2.06. The van der Waals surface area contributed by atoms with Gasteiger partial charge >= 0.3 is 0 Å². The summed E-state index contributed by atoms with van der Waals surface area (Å²) in [4.78, 5) is 28.8. The van der Waals surface area contributed by atoms with Gasteiger partial charge in [-0.15, -0.1) is 11.3 Å². The fourth-order valence-corrected chi connectivity index (χ4v) is 4.01. The highest BCUT2D eigenvalue weighted by Crippen LogP contribution is 2.38. The van der Waals surface area contributed by atoms with Crippen LogP contribution in [-0.2, 0) is 0 Å². The summed E-state index contributed by atoms with van der Waals surface area (Å²) in [5, 5.41) is 3.84. The molecule has 0 fully saturated rings. The van der Waals surface area contributed by atoms with Crippen molar-refractivity contribution in [2.24, 2.45) is 0 Å². The molecule has 0 radical (unpaired) electrons. The van der Waals surface area contributed by atoms with Crippen molar-refractivity contribution in [2.75, 3.05) is 5.32 Å². The van der Waals surface area contributed by atoms with Crippen LogP contribution in [0.5, 0.6) is 0 Å². The molecule has 140 valence electrons. The molecule has 0 bridgehead atoms. The molecule has 3 heterocycles. The molecular formula is C19H13ClFN5OS. The molecule has 0 aliphatic rings. The second kappa shape index (κ2) is 7.57. The molecule has 1 N–H and O–H groups in total. The van der Waals surface area contributed by atoms with E-state index in [4.69, 9.17) is 11.6 Å². The standard InChI is InChI=1S/C19H13ClFN5OS/c1-2-14(27)13-8-15(24-9-23-13)26-18-17-12(6-7-22-18)25-19(28-17)16-10(20)4-3-5-11(16)21/h3-9H,2H2,1H3,(H,22,23,24,26). The third kappa shape index (κ3) is 3.44. The number of pyridine rings is 1. The summed E-state index contributed by atoms with van der Waals surface area (Å²) in [7, 11) is 0. The molecule has 0 saturated heterocycles. The highest BCUT2D eigenvalue weighted by atomic mass is 35.5. The molecule has 4 rings (SSSR count). The molecule has 0 aliphatic carbocycles. The minimum atomic E-state index is -0.437. The van der Waals surface area contributed by atoms with Gasteiger partial charge in [-0.2, -0.15) is 0 Å². The first-order valence-corrected chi connectivity index (χ1v) is 9.58. The number of aromatic nitrogens is 4. The van der Waals surface area contributed by atoms with Crippen molar-refractivity contribution in [1.82, 2.24) is 19.9 Å². The van der Waals surface area contributed by atoms with Crippen molar-refractivity contribution >= 4 is 50.6 Å². The third-order valence-corrected chi connectivity index (χ3v) is 5.41. The van der Waals surface area contributed by atoms with Crippen LogP contribution in [0.4, 0.5) is 16.0 Å². The van der Waals surface area contributed by atoms with Crippen LogP contribution in [0.2, 0.25) is 5.02 Å². The van der Waals surface area contributed by atoms with E-state index in [1.54, 1.807) is 37.4 Å². The number of hydrogen-bond donors (Lipinski definition) is 1. The van der Waals surface area contributed by atoms with Gasteiger partial charge in [-0.1, -0.05) is 24.6 Å². The first kappa shape index (κ1) is 18.4. The Labute approximate surface area is 168 Å². The normalized spacial score (nSPS) is 11.0. The maximum Gasteiger partial charge on any atom is 0.181 e. The van der Waals surface area contributed by atoms with Gasteiger partial charge in [0, 0.05) is 18.7 Å². The van der Waals surface area contributed by atoms with Crippen LogP contribution in [-0.4, -0.2) is 25.7 Å². The van der Waals surface area contributed by atoms with Gasteiger partial charge in [0.15, 0.2) is 11.6 Å². The zero-order chi connectivity index (χ0) is 19.7. The maximum atomic E-state index is 14.3. The average molecular weight is 414 g/mol. The Bertz CT molecular complexity index is 1180. The number of benzene rings is 1. The Kier molecular flexibility index (Phi) is 4.97. The van der Waals surface area contributed by atoms with E-state index in [0.717, 1.165) is 4.70 Å². The van der Waals surface area contributed by atoms with E-state index in [0.29, 0.717) is 39.3 Å². The van der Waals surface area contributed by atoms with Gasteiger partial charge in [-0.05, 0) is 18.2 Å². The average Bonchev–Trinajstić information content (AvgIpc) is 3.12. The lowest BCUT2D eigenvalue weighted by molar-refractivity contribution is 0.0983. The topological polar surface area (TPSA) is 80.7 Å². The first-order valence-electron chi connectivity index (χ1n) is 8.39. The van der Waals surface area contributed by atoms with Gasteiger partial charge in [0.25, 0.3) is 0 Å². The number of thiazole rings is 1. The minimum Gasteiger partial charge on any atom is -0.324 e. The second-order valence-corrected chi connectivity index (χ2v) is 7.22. The number of halogens is 2. The predicted octanol–water partition coefficient (Wildman–Crippen LogP) is 5.28. The Balaban J connectivity index is 1.75. The summed E-state index contributed by atoms with van der Waals surface area (Å²) in [5.74, 6) is 0.423. The van der Waals surface area contributed by atoms with Gasteiger partial charge in [-0.25, -0.2) is 24.3 Å².